The predicted molar refractivity (Wildman–Crippen MR) is 78.5 cm³/mol. The third-order valence-corrected chi connectivity index (χ3v) is 3.48. The summed E-state index contributed by atoms with van der Waals surface area (Å²) in [6.45, 7) is 1.52. The second-order valence-corrected chi connectivity index (χ2v) is 5.13. The van der Waals surface area contributed by atoms with Gasteiger partial charge in [0, 0.05) is 11.6 Å². The lowest BCUT2D eigenvalue weighted by Gasteiger charge is -2.04. The Morgan fingerprint density at radius 2 is 1.21 bits per heavy atom. The van der Waals surface area contributed by atoms with Crippen molar-refractivity contribution < 1.29 is 26.4 Å². The van der Waals surface area contributed by atoms with Gasteiger partial charge in [-0.3, -0.25) is 0 Å². The molecule has 0 N–H and O–H groups in total. The summed E-state index contributed by atoms with van der Waals surface area (Å²) in [4.78, 5) is 0. The number of aryl methyl sites for hydroxylation is 1. The Labute approximate surface area is 134 Å². The molecule has 24 heavy (non-hydrogen) atoms. The van der Waals surface area contributed by atoms with E-state index in [0.717, 1.165) is 0 Å². The van der Waals surface area contributed by atoms with E-state index >= 15 is 0 Å². The molecular weight excluding hydrogens is 327 g/mol. The van der Waals surface area contributed by atoms with Crippen molar-refractivity contribution in [3.63, 3.8) is 0 Å². The molecule has 0 spiro atoms. The maximum Gasteiger partial charge on any atom is 0.366 e. The summed E-state index contributed by atoms with van der Waals surface area (Å²) in [5, 5.41) is 0. The van der Waals surface area contributed by atoms with Gasteiger partial charge >= 0.3 is 11.5 Å². The highest BCUT2D eigenvalue weighted by atomic mass is 19.2. The fraction of sp³-hybridized carbons (Fsp3) is 0.0556. The second-order valence-electron chi connectivity index (χ2n) is 5.13. The molecule has 6 heteroatoms. The summed E-state index contributed by atoms with van der Waals surface area (Å²) in [6.07, 6.45) is 0. The van der Waals surface area contributed by atoms with E-state index in [1.807, 2.05) is 0 Å². The zero-order valence-corrected chi connectivity index (χ0v) is 12.3. The second kappa shape index (κ2) is 6.03. The molecule has 0 atom stereocenters. The molecule has 0 fully saturated rings. The monoisotopic (exact) mass is 337 g/mol. The molecule has 1 nitrogen and oxygen atoms in total. The van der Waals surface area contributed by atoms with E-state index in [4.69, 9.17) is 4.42 Å². The molecule has 0 aliphatic rings. The van der Waals surface area contributed by atoms with Crippen molar-refractivity contribution in [2.75, 3.05) is 0 Å². The average Bonchev–Trinajstić information content (AvgIpc) is 2.59. The molecule has 0 unspecified atom stereocenters. The number of hydrogen-bond acceptors (Lipinski definition) is 0. The minimum atomic E-state index is -2.20. The summed E-state index contributed by atoms with van der Waals surface area (Å²) in [5.41, 5.74) is 0.145. The summed E-state index contributed by atoms with van der Waals surface area (Å²) >= 11 is 0. The van der Waals surface area contributed by atoms with Gasteiger partial charge in [-0.05, 0) is 5.56 Å². The third-order valence-electron chi connectivity index (χ3n) is 3.48. The average molecular weight is 337 g/mol. The quantitative estimate of drug-likeness (QED) is 0.245. The standard InChI is InChI=1S/C18H10F5O/c1-9-7-11(10-5-3-2-4-6-10)8-12(24-9)13-14(19)16(21)18(23)17(22)15(13)20/h2-8H,1H3/q+1. The van der Waals surface area contributed by atoms with Gasteiger partial charge in [-0.25, -0.2) is 26.4 Å². The lowest BCUT2D eigenvalue weighted by Crippen LogP contribution is -2.04. The van der Waals surface area contributed by atoms with Crippen LogP contribution in [0, 0.1) is 36.0 Å². The smallest absolute Gasteiger partial charge is 0.212 e. The SMILES string of the molecule is Cc1cc(-c2ccccc2)cc(-c2c(F)c(F)c(F)c(F)c2F)[o+]1. The Bertz CT molecular complexity index is 893. The molecule has 2 aromatic carbocycles. The summed E-state index contributed by atoms with van der Waals surface area (Å²) < 4.78 is 73.1. The van der Waals surface area contributed by atoms with Crippen LogP contribution in [0.3, 0.4) is 0 Å². The van der Waals surface area contributed by atoms with Crippen LogP contribution in [0.4, 0.5) is 22.0 Å². The van der Waals surface area contributed by atoms with Gasteiger partial charge in [0.1, 0.15) is 0 Å². The largest absolute Gasteiger partial charge is 0.366 e. The van der Waals surface area contributed by atoms with E-state index < -0.39 is 40.4 Å². The maximum absolute atomic E-state index is 14.0. The van der Waals surface area contributed by atoms with Gasteiger partial charge in [-0.2, -0.15) is 0 Å². The molecule has 122 valence electrons. The van der Waals surface area contributed by atoms with Crippen molar-refractivity contribution >= 4 is 0 Å². The van der Waals surface area contributed by atoms with Crippen molar-refractivity contribution in [2.45, 2.75) is 6.92 Å². The molecule has 0 aliphatic carbocycles. The van der Waals surface area contributed by atoms with E-state index in [-0.39, 0.29) is 5.76 Å². The fourth-order valence-corrected chi connectivity index (χ4v) is 2.38. The van der Waals surface area contributed by atoms with Crippen LogP contribution in [-0.4, -0.2) is 0 Å². The lowest BCUT2D eigenvalue weighted by molar-refractivity contribution is 0.378. The number of hydrogen-bond donors (Lipinski definition) is 0. The van der Waals surface area contributed by atoms with Crippen molar-refractivity contribution in [1.29, 1.82) is 0 Å². The molecule has 0 amide bonds. The first-order chi connectivity index (χ1) is 11.4. The minimum Gasteiger partial charge on any atom is -0.212 e. The van der Waals surface area contributed by atoms with Gasteiger partial charge in [-0.15, -0.1) is 0 Å². The Kier molecular flexibility index (Phi) is 4.05. The van der Waals surface area contributed by atoms with Crippen LogP contribution in [0.25, 0.3) is 22.5 Å². The zero-order valence-electron chi connectivity index (χ0n) is 12.3. The van der Waals surface area contributed by atoms with Gasteiger partial charge in [0.05, 0.1) is 13.0 Å². The first kappa shape index (κ1) is 16.1. The summed E-state index contributed by atoms with van der Waals surface area (Å²) in [7, 11) is 0. The zero-order chi connectivity index (χ0) is 17.4. The summed E-state index contributed by atoms with van der Waals surface area (Å²) in [6, 6.07) is 11.6. The molecule has 3 rings (SSSR count). The number of benzene rings is 2. The van der Waals surface area contributed by atoms with E-state index in [1.54, 1.807) is 36.4 Å². The Balaban J connectivity index is 2.27. The highest BCUT2D eigenvalue weighted by Gasteiger charge is 2.32. The fourth-order valence-electron chi connectivity index (χ4n) is 2.38. The molecule has 0 aliphatic heterocycles. The first-order valence-electron chi connectivity index (χ1n) is 6.92. The highest BCUT2D eigenvalue weighted by molar-refractivity contribution is 5.70. The van der Waals surface area contributed by atoms with Crippen LogP contribution in [0.5, 0.6) is 0 Å². The van der Waals surface area contributed by atoms with Gasteiger partial charge in [0.2, 0.25) is 5.82 Å². The Morgan fingerprint density at radius 1 is 0.667 bits per heavy atom. The Morgan fingerprint density at radius 3 is 1.79 bits per heavy atom. The molecule has 1 aromatic heterocycles. The van der Waals surface area contributed by atoms with Gasteiger partial charge in [0.15, 0.2) is 28.8 Å². The maximum atomic E-state index is 14.0. The van der Waals surface area contributed by atoms with Crippen LogP contribution in [0.2, 0.25) is 0 Å². The molecule has 0 bridgehead atoms. The first-order valence-corrected chi connectivity index (χ1v) is 6.92. The van der Waals surface area contributed by atoms with E-state index in [9.17, 15) is 22.0 Å². The predicted octanol–water partition coefficient (Wildman–Crippen LogP) is 5.90. The molecule has 0 saturated heterocycles. The molecule has 0 radical (unpaired) electrons. The van der Waals surface area contributed by atoms with Crippen molar-refractivity contribution in [2.24, 2.45) is 0 Å². The molecule has 0 saturated carbocycles. The summed E-state index contributed by atoms with van der Waals surface area (Å²) in [5.74, 6) is -10.3. The van der Waals surface area contributed by atoms with Gasteiger partial charge in [0.25, 0.3) is 0 Å². The minimum absolute atomic E-state index is 0.260. The number of halogens is 5. The van der Waals surface area contributed by atoms with Crippen LogP contribution in [-0.2, 0) is 0 Å². The van der Waals surface area contributed by atoms with Crippen LogP contribution in [0.15, 0.2) is 46.9 Å². The van der Waals surface area contributed by atoms with Crippen molar-refractivity contribution in [3.8, 4) is 22.5 Å². The third kappa shape index (κ3) is 2.64. The van der Waals surface area contributed by atoms with E-state index in [2.05, 4.69) is 0 Å². The Hall–Kier alpha value is -2.76. The van der Waals surface area contributed by atoms with Crippen LogP contribution in [0.1, 0.15) is 5.76 Å². The van der Waals surface area contributed by atoms with E-state index in [1.165, 1.54) is 13.0 Å². The van der Waals surface area contributed by atoms with E-state index in [0.29, 0.717) is 11.1 Å². The van der Waals surface area contributed by atoms with Crippen LogP contribution >= 0.6 is 0 Å². The van der Waals surface area contributed by atoms with Crippen molar-refractivity contribution in [3.05, 3.63) is 77.3 Å². The normalized spacial score (nSPS) is 10.9. The molecular formula is C18H10F5O+. The van der Waals surface area contributed by atoms with Gasteiger partial charge < -0.3 is 0 Å². The van der Waals surface area contributed by atoms with Crippen molar-refractivity contribution in [1.82, 2.24) is 0 Å². The lowest BCUT2D eigenvalue weighted by atomic mass is 10.0. The number of rotatable bonds is 2. The molecule has 1 heterocycles. The van der Waals surface area contributed by atoms with Gasteiger partial charge in [-0.1, -0.05) is 30.3 Å². The highest BCUT2D eigenvalue weighted by Crippen LogP contribution is 2.34. The molecule has 3 aromatic rings. The van der Waals surface area contributed by atoms with Crippen LogP contribution < -0.4 is 0 Å². The topological polar surface area (TPSA) is 11.3 Å².